The molecule has 7 heteroatoms. The molecule has 1 aliphatic carbocycles. The molecule has 2 N–H and O–H groups in total. The van der Waals surface area contributed by atoms with E-state index in [4.69, 9.17) is 11.6 Å². The summed E-state index contributed by atoms with van der Waals surface area (Å²) in [5, 5.41) is 23.1. The lowest BCUT2D eigenvalue weighted by Gasteiger charge is -2.28. The molecule has 0 saturated heterocycles. The minimum atomic E-state index is -0.634. The van der Waals surface area contributed by atoms with Crippen molar-refractivity contribution in [3.8, 4) is 0 Å². The Balaban J connectivity index is 2.24. The summed E-state index contributed by atoms with van der Waals surface area (Å²) in [5.41, 5.74) is -0.769. The van der Waals surface area contributed by atoms with Gasteiger partial charge in [0, 0.05) is 12.1 Å². The van der Waals surface area contributed by atoms with E-state index in [0.29, 0.717) is 12.8 Å². The van der Waals surface area contributed by atoms with Crippen LogP contribution < -0.4 is 5.32 Å². The van der Waals surface area contributed by atoms with Crippen LogP contribution in [0.4, 0.5) is 5.69 Å². The van der Waals surface area contributed by atoms with Crippen molar-refractivity contribution in [3.63, 3.8) is 0 Å². The smallest absolute Gasteiger partial charge is 0.270 e. The molecule has 2 rings (SSSR count). The first kappa shape index (κ1) is 14.7. The third kappa shape index (κ3) is 2.91. The van der Waals surface area contributed by atoms with Crippen LogP contribution in [0.5, 0.6) is 0 Å². The highest BCUT2D eigenvalue weighted by atomic mass is 35.5. The van der Waals surface area contributed by atoms with Crippen molar-refractivity contribution < 1.29 is 14.8 Å². The molecule has 1 amide bonds. The molecule has 0 atom stereocenters. The monoisotopic (exact) mass is 298 g/mol. The molecule has 0 aliphatic heterocycles. The van der Waals surface area contributed by atoms with E-state index in [1.807, 2.05) is 0 Å². The number of benzene rings is 1. The molecule has 20 heavy (non-hydrogen) atoms. The SMILES string of the molecule is O=C(NC1(CO)CCCC1)c1cc([N+](=O)[O-])ccc1Cl. The van der Waals surface area contributed by atoms with Gasteiger partial charge in [0.2, 0.25) is 0 Å². The van der Waals surface area contributed by atoms with Crippen molar-refractivity contribution >= 4 is 23.2 Å². The Labute approximate surface area is 120 Å². The Hall–Kier alpha value is -1.66. The topological polar surface area (TPSA) is 92.5 Å². The number of carbonyl (C=O) groups is 1. The number of aliphatic hydroxyl groups excluding tert-OH is 1. The van der Waals surface area contributed by atoms with Crippen LogP contribution in [0.3, 0.4) is 0 Å². The summed E-state index contributed by atoms with van der Waals surface area (Å²) < 4.78 is 0. The normalized spacial score (nSPS) is 16.9. The molecule has 6 nitrogen and oxygen atoms in total. The van der Waals surface area contributed by atoms with E-state index in [2.05, 4.69) is 5.32 Å². The lowest BCUT2D eigenvalue weighted by Crippen LogP contribution is -2.49. The maximum absolute atomic E-state index is 12.2. The van der Waals surface area contributed by atoms with Gasteiger partial charge in [0.1, 0.15) is 0 Å². The second kappa shape index (κ2) is 5.76. The fourth-order valence-electron chi connectivity index (χ4n) is 2.48. The summed E-state index contributed by atoms with van der Waals surface area (Å²) in [6.07, 6.45) is 3.26. The van der Waals surface area contributed by atoms with Gasteiger partial charge in [-0.3, -0.25) is 14.9 Å². The van der Waals surface area contributed by atoms with Gasteiger partial charge in [-0.1, -0.05) is 24.4 Å². The van der Waals surface area contributed by atoms with Crippen LogP contribution in [-0.2, 0) is 0 Å². The zero-order chi connectivity index (χ0) is 14.8. The number of hydrogen-bond acceptors (Lipinski definition) is 4. The molecule has 0 aromatic heterocycles. The van der Waals surface area contributed by atoms with Gasteiger partial charge in [-0.05, 0) is 18.9 Å². The molecule has 0 bridgehead atoms. The first-order valence-electron chi connectivity index (χ1n) is 6.35. The van der Waals surface area contributed by atoms with E-state index in [0.717, 1.165) is 18.9 Å². The Kier molecular flexibility index (Phi) is 4.25. The van der Waals surface area contributed by atoms with E-state index in [9.17, 15) is 20.0 Å². The number of rotatable bonds is 4. The Morgan fingerprint density at radius 3 is 2.65 bits per heavy atom. The van der Waals surface area contributed by atoms with E-state index in [-0.39, 0.29) is 22.9 Å². The number of hydrogen-bond donors (Lipinski definition) is 2. The predicted molar refractivity (Wildman–Crippen MR) is 73.9 cm³/mol. The third-order valence-electron chi connectivity index (χ3n) is 3.65. The second-order valence-corrected chi connectivity index (χ2v) is 5.43. The Morgan fingerprint density at radius 2 is 2.10 bits per heavy atom. The first-order valence-corrected chi connectivity index (χ1v) is 6.72. The summed E-state index contributed by atoms with van der Waals surface area (Å²) in [4.78, 5) is 22.4. The van der Waals surface area contributed by atoms with Crippen LogP contribution in [0.2, 0.25) is 5.02 Å². The number of nitrogens with zero attached hydrogens (tertiary/aromatic N) is 1. The Bertz CT molecular complexity index is 541. The minimum absolute atomic E-state index is 0.0561. The highest BCUT2D eigenvalue weighted by Gasteiger charge is 2.35. The number of non-ortho nitro benzene ring substituents is 1. The maximum atomic E-state index is 12.2. The average molecular weight is 299 g/mol. The summed E-state index contributed by atoms with van der Waals surface area (Å²) >= 11 is 5.92. The van der Waals surface area contributed by atoms with Gasteiger partial charge >= 0.3 is 0 Å². The molecular weight excluding hydrogens is 284 g/mol. The van der Waals surface area contributed by atoms with Gasteiger partial charge in [0.15, 0.2) is 0 Å². The van der Waals surface area contributed by atoms with Crippen LogP contribution in [0.1, 0.15) is 36.0 Å². The average Bonchev–Trinajstić information content (AvgIpc) is 2.88. The van der Waals surface area contributed by atoms with Crippen molar-refractivity contribution in [2.75, 3.05) is 6.61 Å². The summed E-state index contributed by atoms with van der Waals surface area (Å²) in [5.74, 6) is -0.491. The van der Waals surface area contributed by atoms with Crippen molar-refractivity contribution in [1.29, 1.82) is 0 Å². The minimum Gasteiger partial charge on any atom is -0.394 e. The fourth-order valence-corrected chi connectivity index (χ4v) is 2.69. The fraction of sp³-hybridized carbons (Fsp3) is 0.462. The number of amides is 1. The van der Waals surface area contributed by atoms with Gasteiger partial charge in [0.25, 0.3) is 11.6 Å². The number of halogens is 1. The van der Waals surface area contributed by atoms with Crippen LogP contribution in [0.25, 0.3) is 0 Å². The predicted octanol–water partition coefficient (Wildman–Crippen LogP) is 2.28. The van der Waals surface area contributed by atoms with Crippen molar-refractivity contribution in [2.45, 2.75) is 31.2 Å². The largest absolute Gasteiger partial charge is 0.394 e. The quantitative estimate of drug-likeness (QED) is 0.659. The van der Waals surface area contributed by atoms with E-state index >= 15 is 0 Å². The van der Waals surface area contributed by atoms with E-state index in [1.54, 1.807) is 0 Å². The zero-order valence-corrected chi connectivity index (χ0v) is 11.5. The Morgan fingerprint density at radius 1 is 1.45 bits per heavy atom. The van der Waals surface area contributed by atoms with E-state index < -0.39 is 16.4 Å². The van der Waals surface area contributed by atoms with Crippen LogP contribution in [0.15, 0.2) is 18.2 Å². The maximum Gasteiger partial charge on any atom is 0.270 e. The molecule has 0 heterocycles. The summed E-state index contributed by atoms with van der Waals surface area (Å²) in [6, 6.07) is 3.73. The molecular formula is C13H15ClN2O4. The van der Waals surface area contributed by atoms with Gasteiger partial charge in [-0.25, -0.2) is 0 Å². The van der Waals surface area contributed by atoms with Crippen molar-refractivity contribution in [2.24, 2.45) is 0 Å². The molecule has 108 valence electrons. The van der Waals surface area contributed by atoms with Crippen LogP contribution in [-0.4, -0.2) is 28.1 Å². The first-order chi connectivity index (χ1) is 9.47. The second-order valence-electron chi connectivity index (χ2n) is 5.02. The molecule has 1 fully saturated rings. The molecule has 0 unspecified atom stereocenters. The molecule has 0 spiro atoms. The number of nitrogens with one attached hydrogen (secondary N) is 1. The molecule has 1 saturated carbocycles. The number of nitro benzene ring substituents is 1. The number of carbonyl (C=O) groups excluding carboxylic acids is 1. The summed E-state index contributed by atoms with van der Waals surface area (Å²) in [7, 11) is 0. The van der Waals surface area contributed by atoms with Crippen LogP contribution in [0, 0.1) is 10.1 Å². The molecule has 1 aromatic rings. The lowest BCUT2D eigenvalue weighted by atomic mass is 9.98. The molecule has 1 aromatic carbocycles. The van der Waals surface area contributed by atoms with E-state index in [1.165, 1.54) is 12.1 Å². The van der Waals surface area contributed by atoms with Crippen LogP contribution >= 0.6 is 11.6 Å². The third-order valence-corrected chi connectivity index (χ3v) is 3.98. The zero-order valence-electron chi connectivity index (χ0n) is 10.8. The van der Waals surface area contributed by atoms with Gasteiger partial charge in [-0.2, -0.15) is 0 Å². The highest BCUT2D eigenvalue weighted by molar-refractivity contribution is 6.34. The molecule has 0 radical (unpaired) electrons. The number of aliphatic hydroxyl groups is 1. The molecule has 1 aliphatic rings. The standard InChI is InChI=1S/C13H15ClN2O4/c14-11-4-3-9(16(19)20)7-10(11)12(18)15-13(8-17)5-1-2-6-13/h3-4,7,17H,1-2,5-6,8H2,(H,15,18). The van der Waals surface area contributed by atoms with Crippen molar-refractivity contribution in [3.05, 3.63) is 38.9 Å². The van der Waals surface area contributed by atoms with Crippen molar-refractivity contribution in [1.82, 2.24) is 5.32 Å². The lowest BCUT2D eigenvalue weighted by molar-refractivity contribution is -0.384. The van der Waals surface area contributed by atoms with Gasteiger partial charge in [-0.15, -0.1) is 0 Å². The van der Waals surface area contributed by atoms with Gasteiger partial charge < -0.3 is 10.4 Å². The highest BCUT2D eigenvalue weighted by Crippen LogP contribution is 2.30. The number of nitro groups is 1. The summed E-state index contributed by atoms with van der Waals surface area (Å²) in [6.45, 7) is -0.148. The van der Waals surface area contributed by atoms with Gasteiger partial charge in [0.05, 0.1) is 27.7 Å².